The topological polar surface area (TPSA) is 114 Å². The van der Waals surface area contributed by atoms with Gasteiger partial charge in [-0.15, -0.1) is 24.8 Å². The molecule has 0 aliphatic carbocycles. The average Bonchev–Trinajstić information content (AvgIpc) is 3.10. The highest BCUT2D eigenvalue weighted by Crippen LogP contribution is 2.20. The van der Waals surface area contributed by atoms with E-state index in [9.17, 15) is 14.9 Å². The van der Waals surface area contributed by atoms with Gasteiger partial charge in [-0.3, -0.25) is 14.9 Å². The first-order valence-corrected chi connectivity index (χ1v) is 8.42. The Morgan fingerprint density at radius 3 is 2.54 bits per heavy atom. The van der Waals surface area contributed by atoms with Crippen LogP contribution in [0.15, 0.2) is 42.6 Å². The first-order chi connectivity index (χ1) is 12.4. The van der Waals surface area contributed by atoms with Crippen molar-refractivity contribution in [2.24, 2.45) is 5.73 Å². The molecule has 0 radical (unpaired) electrons. The van der Waals surface area contributed by atoms with E-state index in [4.69, 9.17) is 5.73 Å². The van der Waals surface area contributed by atoms with Gasteiger partial charge in [0.1, 0.15) is 18.1 Å². The lowest BCUT2D eigenvalue weighted by molar-refractivity contribution is -0.385. The van der Waals surface area contributed by atoms with Crippen LogP contribution in [0.4, 0.5) is 11.5 Å². The number of likely N-dealkylation sites (tertiary alicyclic amines) is 1. The first-order valence-electron chi connectivity index (χ1n) is 8.42. The van der Waals surface area contributed by atoms with Gasteiger partial charge in [-0.2, -0.15) is 0 Å². The highest BCUT2D eigenvalue weighted by atomic mass is 35.5. The molecule has 1 aromatic heterocycles. The molecule has 1 fully saturated rings. The summed E-state index contributed by atoms with van der Waals surface area (Å²) in [6, 6.07) is 9.98. The van der Waals surface area contributed by atoms with Crippen LogP contribution in [0.3, 0.4) is 0 Å². The van der Waals surface area contributed by atoms with Crippen molar-refractivity contribution in [1.29, 1.82) is 0 Å². The number of aromatic nitrogens is 1. The van der Waals surface area contributed by atoms with Crippen LogP contribution in [0.2, 0.25) is 0 Å². The van der Waals surface area contributed by atoms with Gasteiger partial charge in [-0.05, 0) is 25.0 Å². The molecule has 10 heteroatoms. The minimum absolute atomic E-state index is 0. The van der Waals surface area contributed by atoms with Gasteiger partial charge in [-0.1, -0.05) is 29.8 Å². The maximum absolute atomic E-state index is 12.6. The summed E-state index contributed by atoms with van der Waals surface area (Å²) in [5, 5.41) is 13.9. The minimum Gasteiger partial charge on any atom is -0.365 e. The van der Waals surface area contributed by atoms with E-state index >= 15 is 0 Å². The maximum atomic E-state index is 12.6. The second kappa shape index (κ2) is 10.2. The summed E-state index contributed by atoms with van der Waals surface area (Å²) in [4.78, 5) is 28.6. The van der Waals surface area contributed by atoms with Crippen LogP contribution in [0.5, 0.6) is 0 Å². The molecule has 1 amide bonds. The molecule has 0 spiro atoms. The molecule has 28 heavy (non-hydrogen) atoms. The lowest BCUT2D eigenvalue weighted by atomic mass is 10.0. The fourth-order valence-corrected chi connectivity index (χ4v) is 2.98. The average molecular weight is 428 g/mol. The summed E-state index contributed by atoms with van der Waals surface area (Å²) in [6.07, 6.45) is 1.98. The zero-order chi connectivity index (χ0) is 18.7. The van der Waals surface area contributed by atoms with Crippen molar-refractivity contribution in [2.75, 3.05) is 18.4 Å². The number of nitrogens with two attached hydrogens (primary N) is 1. The Hall–Kier alpha value is -2.42. The number of hydrogen-bond acceptors (Lipinski definition) is 6. The van der Waals surface area contributed by atoms with E-state index in [2.05, 4.69) is 10.3 Å². The Labute approximate surface area is 175 Å². The molecule has 1 aromatic carbocycles. The second-order valence-electron chi connectivity index (χ2n) is 6.46. The van der Waals surface area contributed by atoms with Gasteiger partial charge in [0.15, 0.2) is 0 Å². The van der Waals surface area contributed by atoms with Crippen molar-refractivity contribution in [3.63, 3.8) is 0 Å². The third kappa shape index (κ3) is 5.54. The minimum atomic E-state index is -0.674. The van der Waals surface area contributed by atoms with Gasteiger partial charge in [0.05, 0.1) is 4.92 Å². The molecule has 0 saturated carbocycles. The van der Waals surface area contributed by atoms with E-state index in [1.807, 2.05) is 31.2 Å². The number of aryl methyl sites for hydroxylation is 1. The molecule has 2 unspecified atom stereocenters. The Kier molecular flexibility index (Phi) is 8.62. The zero-order valence-corrected chi connectivity index (χ0v) is 16.9. The highest BCUT2D eigenvalue weighted by molar-refractivity contribution is 5.85. The number of carbonyl (C=O) groups is 1. The van der Waals surface area contributed by atoms with Crippen molar-refractivity contribution in [1.82, 2.24) is 9.88 Å². The van der Waals surface area contributed by atoms with Crippen LogP contribution in [0, 0.1) is 17.0 Å². The quantitative estimate of drug-likeness (QED) is 0.559. The number of nitrogens with one attached hydrogen (secondary N) is 1. The molecule has 2 aromatic rings. The third-order valence-electron chi connectivity index (χ3n) is 4.51. The fourth-order valence-electron chi connectivity index (χ4n) is 2.98. The third-order valence-corrected chi connectivity index (χ3v) is 4.51. The standard InChI is InChI=1S/C18H21N5O3.2ClH/c1-12-2-4-13(5-3-12)17(19)18(24)22-9-8-14(11-22)21-16-7-6-15(10-20-16)23(25)26;;/h2-7,10,14,17H,8-9,11,19H2,1H3,(H,20,21);2*1H. The Bertz CT molecular complexity index is 802. The van der Waals surface area contributed by atoms with Crippen molar-refractivity contribution < 1.29 is 9.72 Å². The van der Waals surface area contributed by atoms with E-state index < -0.39 is 11.0 Å². The van der Waals surface area contributed by atoms with Gasteiger partial charge < -0.3 is 16.0 Å². The predicted octanol–water partition coefficient (Wildman–Crippen LogP) is 2.85. The van der Waals surface area contributed by atoms with Crippen molar-refractivity contribution in [3.8, 4) is 0 Å². The van der Waals surface area contributed by atoms with Crippen molar-refractivity contribution >= 4 is 42.2 Å². The van der Waals surface area contributed by atoms with Crippen LogP contribution in [0.1, 0.15) is 23.6 Å². The Morgan fingerprint density at radius 1 is 1.29 bits per heavy atom. The van der Waals surface area contributed by atoms with Crippen LogP contribution in [0.25, 0.3) is 0 Å². The van der Waals surface area contributed by atoms with Gasteiger partial charge in [0.2, 0.25) is 5.91 Å². The predicted molar refractivity (Wildman–Crippen MR) is 112 cm³/mol. The zero-order valence-electron chi connectivity index (χ0n) is 15.3. The number of rotatable bonds is 5. The summed E-state index contributed by atoms with van der Waals surface area (Å²) >= 11 is 0. The molecule has 3 rings (SSSR count). The summed E-state index contributed by atoms with van der Waals surface area (Å²) in [6.45, 7) is 3.13. The molecular formula is C18H23Cl2N5O3. The van der Waals surface area contributed by atoms with E-state index in [-0.39, 0.29) is 42.5 Å². The molecule has 2 heterocycles. The fraction of sp³-hybridized carbons (Fsp3) is 0.333. The summed E-state index contributed by atoms with van der Waals surface area (Å²) in [5.74, 6) is 0.451. The van der Waals surface area contributed by atoms with Gasteiger partial charge in [0.25, 0.3) is 5.69 Å². The molecule has 2 atom stereocenters. The highest BCUT2D eigenvalue weighted by Gasteiger charge is 2.30. The molecular weight excluding hydrogens is 405 g/mol. The largest absolute Gasteiger partial charge is 0.365 e. The Balaban J connectivity index is 0.00000196. The number of anilines is 1. The summed E-state index contributed by atoms with van der Waals surface area (Å²) in [7, 11) is 0. The lowest BCUT2D eigenvalue weighted by Crippen LogP contribution is -2.38. The number of nitro groups is 1. The van der Waals surface area contributed by atoms with Crippen LogP contribution < -0.4 is 11.1 Å². The number of pyridine rings is 1. The monoisotopic (exact) mass is 427 g/mol. The molecule has 152 valence electrons. The SMILES string of the molecule is Cc1ccc(C(N)C(=O)N2CCC(Nc3ccc([N+](=O)[O-])cn3)C2)cc1.Cl.Cl. The van der Waals surface area contributed by atoms with Crippen molar-refractivity contribution in [2.45, 2.75) is 25.4 Å². The number of carbonyl (C=O) groups excluding carboxylic acids is 1. The van der Waals surface area contributed by atoms with E-state index in [0.717, 1.165) is 17.5 Å². The molecule has 1 aliphatic rings. The molecule has 1 saturated heterocycles. The van der Waals surface area contributed by atoms with Crippen molar-refractivity contribution in [3.05, 3.63) is 63.8 Å². The second-order valence-corrected chi connectivity index (χ2v) is 6.46. The van der Waals surface area contributed by atoms with Crippen LogP contribution in [-0.4, -0.2) is 39.8 Å². The molecule has 3 N–H and O–H groups in total. The number of benzene rings is 1. The number of halogens is 2. The normalized spacial score (nSPS) is 16.5. The molecule has 0 bridgehead atoms. The number of amides is 1. The Morgan fingerprint density at radius 2 is 1.96 bits per heavy atom. The summed E-state index contributed by atoms with van der Waals surface area (Å²) < 4.78 is 0. The number of nitrogens with zero attached hydrogens (tertiary/aromatic N) is 3. The van der Waals surface area contributed by atoms with E-state index in [1.165, 1.54) is 12.3 Å². The van der Waals surface area contributed by atoms with E-state index in [0.29, 0.717) is 18.9 Å². The van der Waals surface area contributed by atoms with E-state index in [1.54, 1.807) is 11.0 Å². The number of hydrogen-bond donors (Lipinski definition) is 2. The molecule has 1 aliphatic heterocycles. The first kappa shape index (κ1) is 23.6. The van der Waals surface area contributed by atoms with Gasteiger partial charge in [0, 0.05) is 25.2 Å². The van der Waals surface area contributed by atoms with Crippen LogP contribution >= 0.6 is 24.8 Å². The van der Waals surface area contributed by atoms with Gasteiger partial charge >= 0.3 is 0 Å². The molecule has 8 nitrogen and oxygen atoms in total. The smallest absolute Gasteiger partial charge is 0.287 e. The summed E-state index contributed by atoms with van der Waals surface area (Å²) in [5.41, 5.74) is 7.99. The lowest BCUT2D eigenvalue weighted by Gasteiger charge is -2.21. The van der Waals surface area contributed by atoms with Gasteiger partial charge in [-0.25, -0.2) is 4.98 Å². The maximum Gasteiger partial charge on any atom is 0.287 e. The van der Waals surface area contributed by atoms with Crippen LogP contribution in [-0.2, 0) is 4.79 Å².